The number of ether oxygens (including phenoxy) is 1. The molecule has 0 radical (unpaired) electrons. The van der Waals surface area contributed by atoms with Crippen LogP contribution in [0, 0.1) is 0 Å². The van der Waals surface area contributed by atoms with Gasteiger partial charge in [0.2, 0.25) is 5.91 Å². The topological polar surface area (TPSA) is 59.5 Å². The Hall–Kier alpha value is -1.91. The van der Waals surface area contributed by atoms with Gasteiger partial charge in [-0.05, 0) is 30.5 Å². The zero-order chi connectivity index (χ0) is 14.1. The van der Waals surface area contributed by atoms with Gasteiger partial charge in [-0.15, -0.1) is 0 Å². The molecule has 19 heavy (non-hydrogen) atoms. The van der Waals surface area contributed by atoms with Gasteiger partial charge in [0.15, 0.2) is 0 Å². The van der Waals surface area contributed by atoms with Gasteiger partial charge >= 0.3 is 5.97 Å². The standard InChI is InChI=1S/C14H20N2O3/c1-3-10-16(11-14(18)19-2)13(17)5-4-12-6-8-15-9-7-12/h6-9H,3-5,10-11H2,1-2H3. The molecule has 1 amide bonds. The van der Waals surface area contributed by atoms with Gasteiger partial charge in [-0.25, -0.2) is 0 Å². The van der Waals surface area contributed by atoms with Crippen molar-refractivity contribution >= 4 is 11.9 Å². The van der Waals surface area contributed by atoms with E-state index in [9.17, 15) is 9.59 Å². The van der Waals surface area contributed by atoms with Crippen molar-refractivity contribution in [2.75, 3.05) is 20.2 Å². The van der Waals surface area contributed by atoms with Gasteiger partial charge in [0, 0.05) is 25.4 Å². The van der Waals surface area contributed by atoms with Crippen LogP contribution in [0.25, 0.3) is 0 Å². The lowest BCUT2D eigenvalue weighted by molar-refractivity contribution is -0.147. The molecule has 0 aliphatic heterocycles. The molecule has 0 aromatic carbocycles. The van der Waals surface area contributed by atoms with Gasteiger partial charge < -0.3 is 9.64 Å². The summed E-state index contributed by atoms with van der Waals surface area (Å²) in [6, 6.07) is 3.77. The highest BCUT2D eigenvalue weighted by Gasteiger charge is 2.16. The van der Waals surface area contributed by atoms with E-state index in [1.165, 1.54) is 7.11 Å². The van der Waals surface area contributed by atoms with Crippen molar-refractivity contribution in [3.8, 4) is 0 Å². The molecule has 1 aromatic rings. The minimum atomic E-state index is -0.384. The van der Waals surface area contributed by atoms with Crippen LogP contribution in [0.5, 0.6) is 0 Å². The Labute approximate surface area is 113 Å². The van der Waals surface area contributed by atoms with E-state index in [0.29, 0.717) is 19.4 Å². The minimum Gasteiger partial charge on any atom is -0.468 e. The summed E-state index contributed by atoms with van der Waals surface area (Å²) in [6.45, 7) is 2.57. The first kappa shape index (κ1) is 15.1. The molecule has 0 aliphatic rings. The Bertz CT molecular complexity index is 406. The summed E-state index contributed by atoms with van der Waals surface area (Å²) in [5.74, 6) is -0.408. The number of pyridine rings is 1. The fourth-order valence-corrected chi connectivity index (χ4v) is 1.74. The van der Waals surface area contributed by atoms with E-state index in [-0.39, 0.29) is 18.4 Å². The van der Waals surface area contributed by atoms with Crippen molar-refractivity contribution in [1.82, 2.24) is 9.88 Å². The highest BCUT2D eigenvalue weighted by Crippen LogP contribution is 2.04. The molecule has 1 aromatic heterocycles. The van der Waals surface area contributed by atoms with E-state index < -0.39 is 0 Å². The number of esters is 1. The molecule has 0 aliphatic carbocycles. The Morgan fingerprint density at radius 1 is 1.32 bits per heavy atom. The lowest BCUT2D eigenvalue weighted by atomic mass is 10.1. The van der Waals surface area contributed by atoms with Gasteiger partial charge in [-0.1, -0.05) is 6.92 Å². The van der Waals surface area contributed by atoms with E-state index in [0.717, 1.165) is 12.0 Å². The number of aromatic nitrogens is 1. The number of hydrogen-bond acceptors (Lipinski definition) is 4. The molecule has 104 valence electrons. The summed E-state index contributed by atoms with van der Waals surface area (Å²) in [6.07, 6.45) is 5.28. The molecule has 1 heterocycles. The van der Waals surface area contributed by atoms with E-state index in [2.05, 4.69) is 9.72 Å². The van der Waals surface area contributed by atoms with Crippen LogP contribution in [-0.4, -0.2) is 42.0 Å². The maximum atomic E-state index is 12.1. The van der Waals surface area contributed by atoms with Gasteiger partial charge in [0.05, 0.1) is 7.11 Å². The predicted octanol–water partition coefficient (Wildman–Crippen LogP) is 1.43. The lowest BCUT2D eigenvalue weighted by Crippen LogP contribution is -2.36. The first-order chi connectivity index (χ1) is 9.17. The number of amides is 1. The van der Waals surface area contributed by atoms with Crippen LogP contribution in [-0.2, 0) is 20.7 Å². The third-order valence-electron chi connectivity index (χ3n) is 2.77. The average Bonchev–Trinajstić information content (AvgIpc) is 2.45. The number of methoxy groups -OCH3 is 1. The second-order valence-corrected chi connectivity index (χ2v) is 4.25. The largest absolute Gasteiger partial charge is 0.468 e. The monoisotopic (exact) mass is 264 g/mol. The van der Waals surface area contributed by atoms with Crippen LogP contribution in [0.4, 0.5) is 0 Å². The molecular formula is C14H20N2O3. The molecule has 0 bridgehead atoms. The number of aryl methyl sites for hydroxylation is 1. The molecule has 0 spiro atoms. The third kappa shape index (κ3) is 5.50. The van der Waals surface area contributed by atoms with Gasteiger partial charge in [-0.3, -0.25) is 14.6 Å². The van der Waals surface area contributed by atoms with Gasteiger partial charge in [0.25, 0.3) is 0 Å². The molecule has 0 N–H and O–H groups in total. The Morgan fingerprint density at radius 2 is 2.00 bits per heavy atom. The van der Waals surface area contributed by atoms with E-state index >= 15 is 0 Å². The van der Waals surface area contributed by atoms with Crippen LogP contribution in [0.3, 0.4) is 0 Å². The number of hydrogen-bond donors (Lipinski definition) is 0. The highest BCUT2D eigenvalue weighted by atomic mass is 16.5. The smallest absolute Gasteiger partial charge is 0.325 e. The number of rotatable bonds is 7. The fourth-order valence-electron chi connectivity index (χ4n) is 1.74. The summed E-state index contributed by atoms with van der Waals surface area (Å²) in [5.41, 5.74) is 1.07. The van der Waals surface area contributed by atoms with Crippen LogP contribution in [0.2, 0.25) is 0 Å². The first-order valence-electron chi connectivity index (χ1n) is 6.40. The summed E-state index contributed by atoms with van der Waals surface area (Å²) in [5, 5.41) is 0. The molecule has 0 saturated carbocycles. The van der Waals surface area contributed by atoms with Crippen molar-refractivity contribution in [3.05, 3.63) is 30.1 Å². The second kappa shape index (κ2) is 8.24. The van der Waals surface area contributed by atoms with Crippen LogP contribution < -0.4 is 0 Å². The summed E-state index contributed by atoms with van der Waals surface area (Å²) >= 11 is 0. The number of nitrogens with zero attached hydrogens (tertiary/aromatic N) is 2. The molecular weight excluding hydrogens is 244 g/mol. The fraction of sp³-hybridized carbons (Fsp3) is 0.500. The Balaban J connectivity index is 2.50. The Kier molecular flexibility index (Phi) is 6.57. The van der Waals surface area contributed by atoms with Crippen molar-refractivity contribution in [2.24, 2.45) is 0 Å². The molecule has 0 fully saturated rings. The third-order valence-corrected chi connectivity index (χ3v) is 2.77. The maximum Gasteiger partial charge on any atom is 0.325 e. The molecule has 1 rings (SSSR count). The molecule has 0 saturated heterocycles. The van der Waals surface area contributed by atoms with E-state index in [4.69, 9.17) is 0 Å². The molecule has 5 nitrogen and oxygen atoms in total. The summed E-state index contributed by atoms with van der Waals surface area (Å²) < 4.78 is 4.60. The molecule has 0 unspecified atom stereocenters. The van der Waals surface area contributed by atoms with Crippen molar-refractivity contribution in [3.63, 3.8) is 0 Å². The number of carbonyl (C=O) groups excluding carboxylic acids is 2. The Morgan fingerprint density at radius 3 is 2.58 bits per heavy atom. The quantitative estimate of drug-likeness (QED) is 0.699. The van der Waals surface area contributed by atoms with Gasteiger partial charge in [0.1, 0.15) is 6.54 Å². The van der Waals surface area contributed by atoms with Crippen molar-refractivity contribution < 1.29 is 14.3 Å². The summed E-state index contributed by atoms with van der Waals surface area (Å²) in [4.78, 5) is 28.8. The SMILES string of the molecule is CCCN(CC(=O)OC)C(=O)CCc1ccncc1. The zero-order valence-corrected chi connectivity index (χ0v) is 11.5. The van der Waals surface area contributed by atoms with Crippen LogP contribution in [0.15, 0.2) is 24.5 Å². The predicted molar refractivity (Wildman–Crippen MR) is 71.4 cm³/mol. The van der Waals surface area contributed by atoms with Crippen LogP contribution >= 0.6 is 0 Å². The normalized spacial score (nSPS) is 10.0. The zero-order valence-electron chi connectivity index (χ0n) is 11.5. The highest BCUT2D eigenvalue weighted by molar-refractivity contribution is 5.82. The molecule has 0 atom stereocenters. The lowest BCUT2D eigenvalue weighted by Gasteiger charge is -2.20. The second-order valence-electron chi connectivity index (χ2n) is 4.25. The van der Waals surface area contributed by atoms with Crippen molar-refractivity contribution in [1.29, 1.82) is 0 Å². The minimum absolute atomic E-state index is 0.0240. The molecule has 5 heteroatoms. The first-order valence-corrected chi connectivity index (χ1v) is 6.40. The van der Waals surface area contributed by atoms with E-state index in [1.54, 1.807) is 17.3 Å². The average molecular weight is 264 g/mol. The number of carbonyl (C=O) groups is 2. The van der Waals surface area contributed by atoms with Crippen LogP contribution in [0.1, 0.15) is 25.3 Å². The van der Waals surface area contributed by atoms with Gasteiger partial charge in [-0.2, -0.15) is 0 Å². The summed E-state index contributed by atoms with van der Waals surface area (Å²) in [7, 11) is 1.33. The maximum absolute atomic E-state index is 12.1. The van der Waals surface area contributed by atoms with E-state index in [1.807, 2.05) is 19.1 Å². The van der Waals surface area contributed by atoms with Crippen molar-refractivity contribution in [2.45, 2.75) is 26.2 Å².